The average Bonchev–Trinajstić information content (AvgIpc) is 2.74. The molecule has 0 aliphatic carbocycles. The minimum atomic E-state index is 0. The number of piperidine rings is 1. The number of benzene rings is 2. The Hall–Kier alpha value is -1.75. The van der Waals surface area contributed by atoms with Crippen molar-refractivity contribution in [1.82, 2.24) is 10.2 Å². The molecule has 4 nitrogen and oxygen atoms in total. The summed E-state index contributed by atoms with van der Waals surface area (Å²) in [5.41, 5.74) is 2.91. The van der Waals surface area contributed by atoms with Gasteiger partial charge in [-0.1, -0.05) is 36.4 Å². The van der Waals surface area contributed by atoms with Crippen LogP contribution in [0.3, 0.4) is 0 Å². The molecule has 0 saturated carbocycles. The highest BCUT2D eigenvalue weighted by molar-refractivity contribution is 5.85. The molecule has 0 spiro atoms. The number of hydrogen-bond acceptors (Lipinski definition) is 4. The molecule has 29 heavy (non-hydrogen) atoms. The average molecular weight is 419 g/mol. The van der Waals surface area contributed by atoms with E-state index in [9.17, 15) is 0 Å². The summed E-state index contributed by atoms with van der Waals surface area (Å²) in [6, 6.07) is 17.2. The summed E-state index contributed by atoms with van der Waals surface area (Å²) < 4.78 is 11.0. The lowest BCUT2D eigenvalue weighted by molar-refractivity contribution is 0.254. The topological polar surface area (TPSA) is 33.7 Å². The summed E-state index contributed by atoms with van der Waals surface area (Å²) >= 11 is 0. The van der Waals surface area contributed by atoms with Gasteiger partial charge in [-0.3, -0.25) is 0 Å². The molecule has 1 aliphatic heterocycles. The second-order valence-corrected chi connectivity index (χ2v) is 7.96. The Bertz CT molecular complexity index is 733. The van der Waals surface area contributed by atoms with Crippen molar-refractivity contribution in [2.45, 2.75) is 37.6 Å². The first-order chi connectivity index (χ1) is 13.7. The van der Waals surface area contributed by atoms with Gasteiger partial charge in [-0.15, -0.1) is 12.4 Å². The van der Waals surface area contributed by atoms with Crippen LogP contribution in [0.25, 0.3) is 0 Å². The van der Waals surface area contributed by atoms with E-state index in [0.717, 1.165) is 37.7 Å². The van der Waals surface area contributed by atoms with Crippen molar-refractivity contribution < 1.29 is 9.47 Å². The smallest absolute Gasteiger partial charge is 0.161 e. The van der Waals surface area contributed by atoms with E-state index in [2.05, 4.69) is 59.7 Å². The molecule has 1 saturated heterocycles. The van der Waals surface area contributed by atoms with Crippen LogP contribution in [0.1, 0.15) is 36.8 Å². The van der Waals surface area contributed by atoms with E-state index < -0.39 is 0 Å². The Morgan fingerprint density at radius 1 is 1.03 bits per heavy atom. The molecule has 160 valence electrons. The zero-order chi connectivity index (χ0) is 19.8. The van der Waals surface area contributed by atoms with E-state index in [4.69, 9.17) is 9.47 Å². The number of halogens is 1. The largest absolute Gasteiger partial charge is 0.493 e. The highest BCUT2D eigenvalue weighted by Gasteiger charge is 2.34. The summed E-state index contributed by atoms with van der Waals surface area (Å²) in [6.45, 7) is 4.25. The zero-order valence-electron chi connectivity index (χ0n) is 17.9. The molecule has 0 radical (unpaired) electrons. The predicted molar refractivity (Wildman–Crippen MR) is 123 cm³/mol. The molecular weight excluding hydrogens is 384 g/mol. The first kappa shape index (κ1) is 23.5. The van der Waals surface area contributed by atoms with Gasteiger partial charge in [0.2, 0.25) is 0 Å². The SMILES string of the molecule is COc1ccc(C2(CCCN(C)Cc3ccccc3)CCCNC2)cc1OC.Cl. The molecule has 2 aromatic carbocycles. The van der Waals surface area contributed by atoms with Gasteiger partial charge in [0.15, 0.2) is 11.5 Å². The molecule has 1 unspecified atom stereocenters. The lowest BCUT2D eigenvalue weighted by atomic mass is 9.71. The minimum absolute atomic E-state index is 0. The Labute approximate surface area is 182 Å². The first-order valence-electron chi connectivity index (χ1n) is 10.3. The van der Waals surface area contributed by atoms with E-state index in [1.807, 2.05) is 6.07 Å². The number of nitrogens with one attached hydrogen (secondary N) is 1. The van der Waals surface area contributed by atoms with Crippen LogP contribution in [-0.2, 0) is 12.0 Å². The maximum atomic E-state index is 5.57. The number of hydrogen-bond donors (Lipinski definition) is 1. The van der Waals surface area contributed by atoms with Gasteiger partial charge in [0.05, 0.1) is 14.2 Å². The number of ether oxygens (including phenoxy) is 2. The molecule has 0 bridgehead atoms. The van der Waals surface area contributed by atoms with Crippen LogP contribution in [0, 0.1) is 0 Å². The van der Waals surface area contributed by atoms with E-state index in [-0.39, 0.29) is 17.8 Å². The van der Waals surface area contributed by atoms with E-state index in [1.165, 1.54) is 36.8 Å². The van der Waals surface area contributed by atoms with E-state index in [1.54, 1.807) is 14.2 Å². The van der Waals surface area contributed by atoms with Crippen LogP contribution in [0.2, 0.25) is 0 Å². The number of rotatable bonds is 9. The van der Waals surface area contributed by atoms with Crippen molar-refractivity contribution in [2.24, 2.45) is 0 Å². The van der Waals surface area contributed by atoms with Crippen LogP contribution in [0.4, 0.5) is 0 Å². The fraction of sp³-hybridized carbons (Fsp3) is 0.500. The predicted octanol–water partition coefficient (Wildman–Crippen LogP) is 4.66. The van der Waals surface area contributed by atoms with Gasteiger partial charge in [0, 0.05) is 18.5 Å². The molecule has 2 aromatic rings. The summed E-state index contributed by atoms with van der Waals surface area (Å²) in [6.07, 6.45) is 4.79. The standard InChI is InChI=1S/C24H34N2O2.ClH/c1-26(18-20-9-5-4-6-10-20)16-8-14-24(13-7-15-25-19-24)21-11-12-22(27-2)23(17-21)28-3;/h4-6,9-12,17,25H,7-8,13-16,18-19H2,1-3H3;1H. The van der Waals surface area contributed by atoms with Crippen LogP contribution in [-0.4, -0.2) is 45.8 Å². The van der Waals surface area contributed by atoms with Crippen LogP contribution in [0.15, 0.2) is 48.5 Å². The maximum Gasteiger partial charge on any atom is 0.161 e. The third-order valence-corrected chi connectivity index (χ3v) is 5.96. The highest BCUT2D eigenvalue weighted by atomic mass is 35.5. The first-order valence-corrected chi connectivity index (χ1v) is 10.3. The van der Waals surface area contributed by atoms with Gasteiger partial charge >= 0.3 is 0 Å². The van der Waals surface area contributed by atoms with Crippen molar-refractivity contribution in [3.8, 4) is 11.5 Å². The third kappa shape index (κ3) is 6.11. The van der Waals surface area contributed by atoms with Crippen LogP contribution in [0.5, 0.6) is 11.5 Å². The Morgan fingerprint density at radius 3 is 2.45 bits per heavy atom. The lowest BCUT2D eigenvalue weighted by Gasteiger charge is -2.39. The molecule has 1 fully saturated rings. The molecule has 1 atom stereocenters. The molecule has 3 rings (SSSR count). The second kappa shape index (κ2) is 11.4. The van der Waals surface area contributed by atoms with Gasteiger partial charge < -0.3 is 19.7 Å². The van der Waals surface area contributed by atoms with Crippen LogP contribution < -0.4 is 14.8 Å². The second-order valence-electron chi connectivity index (χ2n) is 7.96. The lowest BCUT2D eigenvalue weighted by Crippen LogP contribution is -2.43. The molecule has 1 N–H and O–H groups in total. The van der Waals surface area contributed by atoms with Crippen molar-refractivity contribution in [3.05, 3.63) is 59.7 Å². The molecule has 0 amide bonds. The normalized spacial score (nSPS) is 18.9. The van der Waals surface area contributed by atoms with E-state index in [0.29, 0.717) is 0 Å². The number of nitrogens with zero attached hydrogens (tertiary/aromatic N) is 1. The quantitative estimate of drug-likeness (QED) is 0.642. The van der Waals surface area contributed by atoms with Gasteiger partial charge in [-0.05, 0) is 69.1 Å². The Morgan fingerprint density at radius 2 is 1.79 bits per heavy atom. The maximum absolute atomic E-state index is 5.57. The minimum Gasteiger partial charge on any atom is -0.493 e. The molecule has 1 aliphatic rings. The Balaban J connectivity index is 0.00000300. The van der Waals surface area contributed by atoms with Crippen molar-refractivity contribution >= 4 is 12.4 Å². The summed E-state index contributed by atoms with van der Waals surface area (Å²) in [5, 5.41) is 3.63. The molecular formula is C24H35ClN2O2. The fourth-order valence-corrected chi connectivity index (χ4v) is 4.40. The summed E-state index contributed by atoms with van der Waals surface area (Å²) in [7, 11) is 5.62. The van der Waals surface area contributed by atoms with Gasteiger partial charge in [-0.2, -0.15) is 0 Å². The summed E-state index contributed by atoms with van der Waals surface area (Å²) in [4.78, 5) is 2.42. The van der Waals surface area contributed by atoms with Crippen molar-refractivity contribution in [3.63, 3.8) is 0 Å². The van der Waals surface area contributed by atoms with Crippen molar-refractivity contribution in [1.29, 1.82) is 0 Å². The fourth-order valence-electron chi connectivity index (χ4n) is 4.40. The van der Waals surface area contributed by atoms with Crippen molar-refractivity contribution in [2.75, 3.05) is 40.9 Å². The van der Waals surface area contributed by atoms with Gasteiger partial charge in [-0.25, -0.2) is 0 Å². The molecule has 5 heteroatoms. The summed E-state index contributed by atoms with van der Waals surface area (Å²) in [5.74, 6) is 1.62. The van der Waals surface area contributed by atoms with Gasteiger partial charge in [0.1, 0.15) is 0 Å². The Kier molecular flexibility index (Phi) is 9.28. The molecule has 0 aromatic heterocycles. The van der Waals surface area contributed by atoms with Crippen LogP contribution >= 0.6 is 12.4 Å². The van der Waals surface area contributed by atoms with Gasteiger partial charge in [0.25, 0.3) is 0 Å². The third-order valence-electron chi connectivity index (χ3n) is 5.96. The highest BCUT2D eigenvalue weighted by Crippen LogP contribution is 2.39. The monoisotopic (exact) mass is 418 g/mol. The molecule has 1 heterocycles. The number of methoxy groups -OCH3 is 2. The van der Waals surface area contributed by atoms with E-state index >= 15 is 0 Å². The zero-order valence-corrected chi connectivity index (χ0v) is 18.8.